The van der Waals surface area contributed by atoms with Crippen molar-refractivity contribution in [2.45, 2.75) is 31.7 Å². The number of nitrogens with two attached hydrogens (primary N) is 1. The second-order valence-electron chi connectivity index (χ2n) is 5.61. The maximum atomic E-state index is 12.3. The number of piperidine rings is 1. The van der Waals surface area contributed by atoms with E-state index in [0.29, 0.717) is 6.54 Å². The number of rotatable bonds is 5. The number of primary amides is 1. The standard InChI is InChI=1S/C17H20N2O4/c18-15(20)11-14-3-1-2-10-19(14)16(21)9-6-12-4-7-13(8-5-12)17(22)23/h4-9,14H,1-3,10-11H2,(H2,18,20)(H,22,23). The molecular formula is C17H20N2O4. The zero-order valence-electron chi connectivity index (χ0n) is 12.8. The summed E-state index contributed by atoms with van der Waals surface area (Å²) in [7, 11) is 0. The number of nitrogens with zero attached hydrogens (tertiary/aromatic N) is 1. The minimum absolute atomic E-state index is 0.132. The minimum atomic E-state index is -0.987. The van der Waals surface area contributed by atoms with Crippen LogP contribution in [0, 0.1) is 0 Å². The van der Waals surface area contributed by atoms with Gasteiger partial charge < -0.3 is 15.7 Å². The van der Waals surface area contributed by atoms with Crippen LogP contribution in [0.15, 0.2) is 30.3 Å². The summed E-state index contributed by atoms with van der Waals surface area (Å²) >= 11 is 0. The highest BCUT2D eigenvalue weighted by molar-refractivity contribution is 5.93. The first-order valence-corrected chi connectivity index (χ1v) is 7.57. The fourth-order valence-corrected chi connectivity index (χ4v) is 2.74. The highest BCUT2D eigenvalue weighted by Crippen LogP contribution is 2.20. The number of carbonyl (C=O) groups excluding carboxylic acids is 2. The Morgan fingerprint density at radius 1 is 1.22 bits per heavy atom. The van der Waals surface area contributed by atoms with Gasteiger partial charge >= 0.3 is 5.97 Å². The lowest BCUT2D eigenvalue weighted by molar-refractivity contribution is -0.130. The Morgan fingerprint density at radius 3 is 2.52 bits per heavy atom. The Morgan fingerprint density at radius 2 is 1.91 bits per heavy atom. The molecule has 1 aromatic carbocycles. The summed E-state index contributed by atoms with van der Waals surface area (Å²) in [6, 6.07) is 6.13. The molecule has 6 nitrogen and oxygen atoms in total. The van der Waals surface area contributed by atoms with E-state index >= 15 is 0 Å². The SMILES string of the molecule is NC(=O)CC1CCCCN1C(=O)C=Cc1ccc(C(=O)O)cc1. The van der Waals surface area contributed by atoms with Gasteiger partial charge in [-0.15, -0.1) is 0 Å². The molecule has 1 aromatic rings. The maximum Gasteiger partial charge on any atom is 0.335 e. The molecule has 1 unspecified atom stereocenters. The van der Waals surface area contributed by atoms with Gasteiger partial charge in [-0.3, -0.25) is 9.59 Å². The molecule has 0 saturated carbocycles. The lowest BCUT2D eigenvalue weighted by Gasteiger charge is -2.34. The van der Waals surface area contributed by atoms with Gasteiger partial charge in [0.15, 0.2) is 0 Å². The number of amides is 2. The van der Waals surface area contributed by atoms with Gasteiger partial charge in [-0.25, -0.2) is 4.79 Å². The molecule has 1 heterocycles. The summed E-state index contributed by atoms with van der Waals surface area (Å²) in [4.78, 5) is 35.9. The lowest BCUT2D eigenvalue weighted by Crippen LogP contribution is -2.44. The number of likely N-dealkylation sites (tertiary alicyclic amines) is 1. The van der Waals surface area contributed by atoms with Gasteiger partial charge in [0.1, 0.15) is 0 Å². The van der Waals surface area contributed by atoms with E-state index in [-0.39, 0.29) is 23.9 Å². The van der Waals surface area contributed by atoms with Crippen molar-refractivity contribution in [2.24, 2.45) is 5.73 Å². The van der Waals surface area contributed by atoms with E-state index in [2.05, 4.69) is 0 Å². The molecular weight excluding hydrogens is 296 g/mol. The predicted octanol–water partition coefficient (Wildman–Crippen LogP) is 1.65. The normalized spacial score (nSPS) is 18.1. The van der Waals surface area contributed by atoms with Crippen LogP contribution in [0.4, 0.5) is 0 Å². The van der Waals surface area contributed by atoms with Gasteiger partial charge in [0.05, 0.1) is 5.56 Å². The molecule has 1 atom stereocenters. The van der Waals surface area contributed by atoms with E-state index in [4.69, 9.17) is 10.8 Å². The third kappa shape index (κ3) is 4.67. The first-order valence-electron chi connectivity index (χ1n) is 7.57. The molecule has 1 saturated heterocycles. The molecule has 0 aliphatic carbocycles. The Balaban J connectivity index is 2.03. The molecule has 2 rings (SSSR count). The number of carbonyl (C=O) groups is 3. The Hall–Kier alpha value is -2.63. The summed E-state index contributed by atoms with van der Waals surface area (Å²) in [5, 5.41) is 8.85. The molecule has 1 aliphatic rings. The maximum absolute atomic E-state index is 12.3. The van der Waals surface area contributed by atoms with E-state index in [1.165, 1.54) is 18.2 Å². The molecule has 0 spiro atoms. The third-order valence-electron chi connectivity index (χ3n) is 3.92. The van der Waals surface area contributed by atoms with Crippen molar-refractivity contribution < 1.29 is 19.5 Å². The topological polar surface area (TPSA) is 101 Å². The van der Waals surface area contributed by atoms with Gasteiger partial charge in [-0.05, 0) is 43.0 Å². The quantitative estimate of drug-likeness (QED) is 0.807. The molecule has 0 radical (unpaired) electrons. The van der Waals surface area contributed by atoms with E-state index in [1.54, 1.807) is 23.1 Å². The van der Waals surface area contributed by atoms with Crippen LogP contribution in [0.1, 0.15) is 41.6 Å². The lowest BCUT2D eigenvalue weighted by atomic mass is 9.99. The first kappa shape index (κ1) is 16.7. The van der Waals surface area contributed by atoms with Crippen molar-refractivity contribution in [3.63, 3.8) is 0 Å². The number of hydrogen-bond donors (Lipinski definition) is 2. The average Bonchev–Trinajstić information content (AvgIpc) is 2.53. The summed E-state index contributed by atoms with van der Waals surface area (Å²) in [5.74, 6) is -1.54. The van der Waals surface area contributed by atoms with Crippen LogP contribution in [-0.4, -0.2) is 40.4 Å². The molecule has 23 heavy (non-hydrogen) atoms. The molecule has 0 bridgehead atoms. The molecule has 3 N–H and O–H groups in total. The largest absolute Gasteiger partial charge is 0.478 e. The van der Waals surface area contributed by atoms with Gasteiger partial charge in [-0.2, -0.15) is 0 Å². The highest BCUT2D eigenvalue weighted by atomic mass is 16.4. The Kier molecular flexibility index (Phi) is 5.51. The van der Waals surface area contributed by atoms with Gasteiger partial charge in [-0.1, -0.05) is 12.1 Å². The average molecular weight is 316 g/mol. The van der Waals surface area contributed by atoms with Crippen LogP contribution in [-0.2, 0) is 9.59 Å². The summed E-state index contributed by atoms with van der Waals surface area (Å²) in [6.07, 6.45) is 5.98. The fourth-order valence-electron chi connectivity index (χ4n) is 2.74. The summed E-state index contributed by atoms with van der Waals surface area (Å²) in [6.45, 7) is 0.624. The Labute approximate surface area is 134 Å². The van der Waals surface area contributed by atoms with Crippen LogP contribution in [0.5, 0.6) is 0 Å². The van der Waals surface area contributed by atoms with Crippen molar-refractivity contribution in [1.82, 2.24) is 4.90 Å². The molecule has 6 heteroatoms. The van der Waals surface area contributed by atoms with E-state index < -0.39 is 11.9 Å². The number of hydrogen-bond acceptors (Lipinski definition) is 3. The highest BCUT2D eigenvalue weighted by Gasteiger charge is 2.26. The number of carboxylic acids is 1. The first-order chi connectivity index (χ1) is 11.0. The molecule has 1 fully saturated rings. The zero-order chi connectivity index (χ0) is 16.8. The number of aromatic carboxylic acids is 1. The van der Waals surface area contributed by atoms with Crippen molar-refractivity contribution >= 4 is 23.9 Å². The third-order valence-corrected chi connectivity index (χ3v) is 3.92. The molecule has 1 aliphatic heterocycles. The van der Waals surface area contributed by atoms with Gasteiger partial charge in [0.2, 0.25) is 11.8 Å². The summed E-state index contributed by atoms with van der Waals surface area (Å²) < 4.78 is 0. The molecule has 2 amide bonds. The molecule has 122 valence electrons. The molecule has 0 aromatic heterocycles. The van der Waals surface area contributed by atoms with Crippen LogP contribution in [0.3, 0.4) is 0 Å². The van der Waals surface area contributed by atoms with Crippen LogP contribution < -0.4 is 5.73 Å². The van der Waals surface area contributed by atoms with Crippen LogP contribution in [0.25, 0.3) is 6.08 Å². The van der Waals surface area contributed by atoms with E-state index in [1.807, 2.05) is 0 Å². The van der Waals surface area contributed by atoms with E-state index in [0.717, 1.165) is 24.8 Å². The van der Waals surface area contributed by atoms with Crippen LogP contribution in [0.2, 0.25) is 0 Å². The smallest absolute Gasteiger partial charge is 0.335 e. The van der Waals surface area contributed by atoms with Crippen LogP contribution >= 0.6 is 0 Å². The summed E-state index contributed by atoms with van der Waals surface area (Å²) in [5.41, 5.74) is 6.19. The van der Waals surface area contributed by atoms with Gasteiger partial charge in [0.25, 0.3) is 0 Å². The second kappa shape index (κ2) is 7.58. The van der Waals surface area contributed by atoms with E-state index in [9.17, 15) is 14.4 Å². The zero-order valence-corrected chi connectivity index (χ0v) is 12.8. The monoisotopic (exact) mass is 316 g/mol. The number of carboxylic acid groups (broad SMARTS) is 1. The second-order valence-corrected chi connectivity index (χ2v) is 5.61. The van der Waals surface area contributed by atoms with Crippen molar-refractivity contribution in [3.05, 3.63) is 41.5 Å². The minimum Gasteiger partial charge on any atom is -0.478 e. The number of benzene rings is 1. The van der Waals surface area contributed by atoms with Crippen molar-refractivity contribution in [3.8, 4) is 0 Å². The Bertz CT molecular complexity index is 622. The predicted molar refractivity (Wildman–Crippen MR) is 85.6 cm³/mol. The fraction of sp³-hybridized carbons (Fsp3) is 0.353. The van der Waals surface area contributed by atoms with Crippen molar-refractivity contribution in [1.29, 1.82) is 0 Å². The van der Waals surface area contributed by atoms with Crippen molar-refractivity contribution in [2.75, 3.05) is 6.54 Å². The van der Waals surface area contributed by atoms with Gasteiger partial charge in [0, 0.05) is 25.1 Å².